The second-order valence-electron chi connectivity index (χ2n) is 6.01. The maximum Gasteiger partial charge on any atom is 0.357 e. The average Bonchev–Trinajstić information content (AvgIpc) is 2.69. The van der Waals surface area contributed by atoms with E-state index in [1.54, 1.807) is 18.2 Å². The summed E-state index contributed by atoms with van der Waals surface area (Å²) >= 11 is 0. The van der Waals surface area contributed by atoms with Gasteiger partial charge in [0.1, 0.15) is 0 Å². The monoisotopic (exact) mass is 391 g/mol. The second kappa shape index (κ2) is 10.3. The normalized spacial score (nSPS) is 12.5. The minimum absolute atomic E-state index is 0.0935. The Morgan fingerprint density at radius 3 is 2.11 bits per heavy atom. The van der Waals surface area contributed by atoms with Gasteiger partial charge in [0.05, 0.1) is 18.8 Å². The Bertz CT molecular complexity index is 769. The van der Waals surface area contributed by atoms with Crippen LogP contribution in [0.3, 0.4) is 0 Å². The summed E-state index contributed by atoms with van der Waals surface area (Å²) < 4.78 is 25.0. The van der Waals surface area contributed by atoms with E-state index in [9.17, 15) is 14.5 Å². The molecule has 0 aliphatic heterocycles. The summed E-state index contributed by atoms with van der Waals surface area (Å²) in [5.41, 5.74) is 1.16. The van der Waals surface area contributed by atoms with Crippen LogP contribution in [0.5, 0.6) is 0 Å². The number of rotatable bonds is 11. The molecule has 0 heterocycles. The highest BCUT2D eigenvalue weighted by Crippen LogP contribution is 2.61. The molecule has 0 saturated heterocycles. The molecule has 2 rings (SSSR count). The lowest BCUT2D eigenvalue weighted by Crippen LogP contribution is -2.17. The van der Waals surface area contributed by atoms with E-state index in [-0.39, 0.29) is 18.8 Å². The van der Waals surface area contributed by atoms with Crippen molar-refractivity contribution in [3.8, 4) is 0 Å². The number of benzene rings is 2. The van der Waals surface area contributed by atoms with E-state index in [1.165, 1.54) is 6.07 Å². The number of anilines is 1. The van der Waals surface area contributed by atoms with Gasteiger partial charge in [0, 0.05) is 5.69 Å². The Hall–Kier alpha value is -2.14. The fourth-order valence-corrected chi connectivity index (χ4v) is 4.63. The molecule has 2 N–H and O–H groups in total. The molecule has 2 aromatic carbocycles. The van der Waals surface area contributed by atoms with Gasteiger partial charge in [-0.2, -0.15) is 0 Å². The zero-order valence-electron chi connectivity index (χ0n) is 15.6. The first-order valence-electron chi connectivity index (χ1n) is 9.04. The SMILES string of the molecule is CCCOP(=O)(OCCC)C(Nc1ccccc1C(=O)O)c1ccccc1. The molecule has 0 fully saturated rings. The van der Waals surface area contributed by atoms with Gasteiger partial charge >= 0.3 is 13.6 Å². The van der Waals surface area contributed by atoms with Crippen LogP contribution in [0.25, 0.3) is 0 Å². The average molecular weight is 391 g/mol. The highest BCUT2D eigenvalue weighted by molar-refractivity contribution is 7.54. The largest absolute Gasteiger partial charge is 0.478 e. The molecule has 146 valence electrons. The molecule has 6 nitrogen and oxygen atoms in total. The van der Waals surface area contributed by atoms with Gasteiger partial charge in [-0.05, 0) is 30.5 Å². The van der Waals surface area contributed by atoms with Gasteiger partial charge in [0.25, 0.3) is 0 Å². The van der Waals surface area contributed by atoms with Crippen LogP contribution >= 0.6 is 7.60 Å². The number of hydrogen-bond donors (Lipinski definition) is 2. The van der Waals surface area contributed by atoms with Gasteiger partial charge in [0.15, 0.2) is 5.78 Å². The van der Waals surface area contributed by atoms with E-state index in [1.807, 2.05) is 44.2 Å². The molecule has 0 spiro atoms. The van der Waals surface area contributed by atoms with E-state index in [0.717, 1.165) is 0 Å². The van der Waals surface area contributed by atoms with Gasteiger partial charge in [-0.15, -0.1) is 0 Å². The van der Waals surface area contributed by atoms with Gasteiger partial charge in [-0.25, -0.2) is 4.79 Å². The summed E-state index contributed by atoms with van der Waals surface area (Å²) in [4.78, 5) is 11.6. The van der Waals surface area contributed by atoms with E-state index in [2.05, 4.69) is 5.32 Å². The van der Waals surface area contributed by atoms with Gasteiger partial charge in [-0.3, -0.25) is 4.57 Å². The summed E-state index contributed by atoms with van der Waals surface area (Å²) in [5, 5.41) is 12.6. The number of carboxylic acid groups (broad SMARTS) is 1. The summed E-state index contributed by atoms with van der Waals surface area (Å²) in [7, 11) is -3.60. The smallest absolute Gasteiger partial charge is 0.357 e. The molecule has 0 saturated carbocycles. The van der Waals surface area contributed by atoms with Crippen LogP contribution in [0.4, 0.5) is 5.69 Å². The van der Waals surface area contributed by atoms with Crippen LogP contribution in [0.1, 0.15) is 48.4 Å². The number of carbonyl (C=O) groups is 1. The predicted molar refractivity (Wildman–Crippen MR) is 106 cm³/mol. The summed E-state index contributed by atoms with van der Waals surface area (Å²) in [6.07, 6.45) is 1.37. The third-order valence-corrected chi connectivity index (χ3v) is 5.98. The number of carboxylic acids is 1. The zero-order chi connectivity index (χ0) is 19.7. The molecule has 0 aliphatic carbocycles. The van der Waals surface area contributed by atoms with Gasteiger partial charge in [0.2, 0.25) is 0 Å². The highest BCUT2D eigenvalue weighted by Gasteiger charge is 2.38. The Balaban J connectivity index is 2.47. The van der Waals surface area contributed by atoms with Crippen LogP contribution in [0.15, 0.2) is 54.6 Å². The standard InChI is InChI=1S/C20H26NO5P/c1-3-14-25-27(24,26-15-4-2)19(16-10-6-5-7-11-16)21-18-13-9-8-12-17(18)20(22)23/h5-13,19,21H,3-4,14-15H2,1-2H3,(H,22,23). The van der Waals surface area contributed by atoms with E-state index in [4.69, 9.17) is 9.05 Å². The molecule has 0 bridgehead atoms. The van der Waals surface area contributed by atoms with Crippen LogP contribution in [0.2, 0.25) is 0 Å². The molecular formula is C20H26NO5P. The molecule has 0 aromatic heterocycles. The zero-order valence-corrected chi connectivity index (χ0v) is 16.5. The third-order valence-electron chi connectivity index (χ3n) is 3.83. The lowest BCUT2D eigenvalue weighted by molar-refractivity contribution is 0.0697. The molecule has 7 heteroatoms. The van der Waals surface area contributed by atoms with Crippen molar-refractivity contribution in [3.63, 3.8) is 0 Å². The quantitative estimate of drug-likeness (QED) is 0.489. The van der Waals surface area contributed by atoms with Gasteiger partial charge in [-0.1, -0.05) is 56.3 Å². The summed E-state index contributed by atoms with van der Waals surface area (Å²) in [5.74, 6) is -1.89. The topological polar surface area (TPSA) is 84.9 Å². The Labute approximate surface area is 160 Å². The molecule has 0 amide bonds. The van der Waals surface area contributed by atoms with Crippen molar-refractivity contribution < 1.29 is 23.5 Å². The lowest BCUT2D eigenvalue weighted by atomic mass is 10.1. The Morgan fingerprint density at radius 2 is 1.56 bits per heavy atom. The minimum atomic E-state index is -3.60. The van der Waals surface area contributed by atoms with Crippen molar-refractivity contribution in [1.29, 1.82) is 0 Å². The molecular weight excluding hydrogens is 365 g/mol. The molecule has 0 aliphatic rings. The Morgan fingerprint density at radius 1 is 1.00 bits per heavy atom. The fraction of sp³-hybridized carbons (Fsp3) is 0.350. The first-order chi connectivity index (χ1) is 13.0. The van der Waals surface area contributed by atoms with Crippen LogP contribution in [-0.4, -0.2) is 24.3 Å². The van der Waals surface area contributed by atoms with Crippen molar-refractivity contribution in [2.75, 3.05) is 18.5 Å². The van der Waals surface area contributed by atoms with Crippen LogP contribution in [-0.2, 0) is 13.6 Å². The maximum absolute atomic E-state index is 13.7. The third kappa shape index (κ3) is 5.67. The van der Waals surface area contributed by atoms with Crippen molar-refractivity contribution in [1.82, 2.24) is 0 Å². The second-order valence-corrected chi connectivity index (χ2v) is 8.13. The van der Waals surface area contributed by atoms with Crippen molar-refractivity contribution in [2.45, 2.75) is 32.5 Å². The van der Waals surface area contributed by atoms with E-state index >= 15 is 0 Å². The number of nitrogens with one attached hydrogen (secondary N) is 1. The number of aromatic carboxylic acids is 1. The molecule has 1 atom stereocenters. The van der Waals surface area contributed by atoms with Gasteiger partial charge < -0.3 is 19.5 Å². The highest BCUT2D eigenvalue weighted by atomic mass is 31.2. The van der Waals surface area contributed by atoms with E-state index < -0.39 is 19.3 Å². The van der Waals surface area contributed by atoms with Crippen molar-refractivity contribution in [3.05, 3.63) is 65.7 Å². The lowest BCUT2D eigenvalue weighted by Gasteiger charge is -2.29. The first-order valence-corrected chi connectivity index (χ1v) is 10.7. The van der Waals surface area contributed by atoms with Crippen LogP contribution in [0, 0.1) is 0 Å². The fourth-order valence-electron chi connectivity index (χ4n) is 2.55. The maximum atomic E-state index is 13.7. The predicted octanol–water partition coefficient (Wildman–Crippen LogP) is 5.54. The molecule has 0 radical (unpaired) electrons. The minimum Gasteiger partial charge on any atom is -0.478 e. The number of para-hydroxylation sites is 1. The molecule has 1 unspecified atom stereocenters. The van der Waals surface area contributed by atoms with Crippen molar-refractivity contribution in [2.24, 2.45) is 0 Å². The summed E-state index contributed by atoms with van der Waals surface area (Å²) in [6.45, 7) is 4.42. The number of hydrogen-bond acceptors (Lipinski definition) is 5. The molecule has 27 heavy (non-hydrogen) atoms. The summed E-state index contributed by atoms with van der Waals surface area (Å²) in [6, 6.07) is 15.7. The van der Waals surface area contributed by atoms with Crippen molar-refractivity contribution >= 4 is 19.3 Å². The molecule has 2 aromatic rings. The van der Waals surface area contributed by atoms with Crippen LogP contribution < -0.4 is 5.32 Å². The van der Waals surface area contributed by atoms with E-state index in [0.29, 0.717) is 24.1 Å². The Kier molecular flexibility index (Phi) is 8.04. The first kappa shape index (κ1) is 21.2.